The average molecular weight is 279 g/mol. The molecule has 5 heteroatoms. The third-order valence-corrected chi connectivity index (χ3v) is 4.23. The normalized spacial score (nSPS) is 26.7. The Labute approximate surface area is 116 Å². The molecule has 0 spiro atoms. The van der Waals surface area contributed by atoms with Crippen LogP contribution in [-0.2, 0) is 9.53 Å². The topological polar surface area (TPSA) is 64.4 Å². The van der Waals surface area contributed by atoms with Crippen LogP contribution >= 0.6 is 12.4 Å². The molecule has 3 atom stereocenters. The molecule has 1 amide bonds. The zero-order chi connectivity index (χ0) is 13.1. The van der Waals surface area contributed by atoms with Crippen LogP contribution in [-0.4, -0.2) is 31.2 Å². The van der Waals surface area contributed by atoms with Crippen LogP contribution in [0.5, 0.6) is 0 Å². The van der Waals surface area contributed by atoms with Crippen molar-refractivity contribution in [3.05, 3.63) is 0 Å². The Morgan fingerprint density at radius 2 is 2.06 bits per heavy atom. The molecule has 0 bridgehead atoms. The first-order valence-corrected chi connectivity index (χ1v) is 6.57. The summed E-state index contributed by atoms with van der Waals surface area (Å²) in [6, 6.07) is 0.166. The zero-order valence-corrected chi connectivity index (χ0v) is 12.7. The number of rotatable bonds is 6. The summed E-state index contributed by atoms with van der Waals surface area (Å²) in [6.45, 7) is 6.18. The monoisotopic (exact) mass is 278 g/mol. The molecule has 0 aliphatic heterocycles. The second-order valence-corrected chi connectivity index (χ2v) is 5.20. The largest absolute Gasteiger partial charge is 0.381 e. The van der Waals surface area contributed by atoms with Crippen molar-refractivity contribution < 1.29 is 9.53 Å². The predicted octanol–water partition coefficient (Wildman–Crippen LogP) is 1.86. The lowest BCUT2D eigenvalue weighted by molar-refractivity contribution is -0.141. The molecule has 1 rings (SSSR count). The molecule has 0 heterocycles. The molecule has 0 radical (unpaired) electrons. The maximum atomic E-state index is 11.7. The van der Waals surface area contributed by atoms with E-state index in [2.05, 4.69) is 19.2 Å². The fourth-order valence-electron chi connectivity index (χ4n) is 3.02. The Bertz CT molecular complexity index is 268. The highest BCUT2D eigenvalue weighted by atomic mass is 35.5. The highest BCUT2D eigenvalue weighted by molar-refractivity contribution is 5.85. The van der Waals surface area contributed by atoms with Gasteiger partial charge in [0.05, 0.1) is 6.10 Å². The van der Waals surface area contributed by atoms with Crippen LogP contribution in [0.4, 0.5) is 0 Å². The molecule has 108 valence electrons. The van der Waals surface area contributed by atoms with Crippen molar-refractivity contribution in [2.75, 3.05) is 7.11 Å². The van der Waals surface area contributed by atoms with E-state index in [4.69, 9.17) is 10.5 Å². The summed E-state index contributed by atoms with van der Waals surface area (Å²) >= 11 is 0. The van der Waals surface area contributed by atoms with Gasteiger partial charge in [-0.1, -0.05) is 13.8 Å². The number of methoxy groups -OCH3 is 1. The first-order chi connectivity index (χ1) is 8.00. The number of carbonyl (C=O) groups excluding carboxylic acids is 1. The summed E-state index contributed by atoms with van der Waals surface area (Å²) in [5.41, 5.74) is 5.74. The van der Waals surface area contributed by atoms with Gasteiger partial charge in [0, 0.05) is 31.0 Å². The molecular formula is C13H27ClN2O2. The second kappa shape index (κ2) is 7.31. The molecule has 1 fully saturated rings. The number of halogens is 1. The van der Waals surface area contributed by atoms with Crippen molar-refractivity contribution in [2.45, 2.75) is 64.6 Å². The zero-order valence-electron chi connectivity index (χ0n) is 11.9. The Morgan fingerprint density at radius 1 is 1.50 bits per heavy atom. The van der Waals surface area contributed by atoms with Gasteiger partial charge in [0.1, 0.15) is 0 Å². The fraction of sp³-hybridized carbons (Fsp3) is 0.923. The van der Waals surface area contributed by atoms with Gasteiger partial charge in [0.25, 0.3) is 0 Å². The van der Waals surface area contributed by atoms with Gasteiger partial charge in [-0.15, -0.1) is 12.4 Å². The molecule has 0 aromatic heterocycles. The summed E-state index contributed by atoms with van der Waals surface area (Å²) in [4.78, 5) is 11.7. The number of ether oxygens (including phenoxy) is 1. The lowest BCUT2D eigenvalue weighted by Crippen LogP contribution is -2.64. The molecule has 3 N–H and O–H groups in total. The quantitative estimate of drug-likeness (QED) is 0.779. The molecule has 18 heavy (non-hydrogen) atoms. The third-order valence-electron chi connectivity index (χ3n) is 4.23. The highest BCUT2D eigenvalue weighted by Gasteiger charge is 2.53. The van der Waals surface area contributed by atoms with Crippen LogP contribution in [0.3, 0.4) is 0 Å². The van der Waals surface area contributed by atoms with Gasteiger partial charge in [0.2, 0.25) is 5.91 Å². The SMILES string of the molecule is CCC1(CC)C(NC(=O)CC(C)N)CC1OC.Cl. The van der Waals surface area contributed by atoms with E-state index < -0.39 is 0 Å². The minimum Gasteiger partial charge on any atom is -0.381 e. The Balaban J connectivity index is 0.00000289. The van der Waals surface area contributed by atoms with E-state index in [1.807, 2.05) is 6.92 Å². The predicted molar refractivity (Wildman–Crippen MR) is 75.9 cm³/mol. The first kappa shape index (κ1) is 17.7. The van der Waals surface area contributed by atoms with Crippen molar-refractivity contribution in [3.8, 4) is 0 Å². The van der Waals surface area contributed by atoms with Crippen molar-refractivity contribution in [1.82, 2.24) is 5.32 Å². The summed E-state index contributed by atoms with van der Waals surface area (Å²) in [6.07, 6.45) is 3.66. The summed E-state index contributed by atoms with van der Waals surface area (Å²) in [7, 11) is 1.75. The number of nitrogens with two attached hydrogens (primary N) is 1. The summed E-state index contributed by atoms with van der Waals surface area (Å²) in [5.74, 6) is 0.0610. The Hall–Kier alpha value is -0.320. The highest BCUT2D eigenvalue weighted by Crippen LogP contribution is 2.48. The molecule has 1 aliphatic rings. The number of hydrogen-bond acceptors (Lipinski definition) is 3. The Kier molecular flexibility index (Phi) is 7.18. The van der Waals surface area contributed by atoms with Gasteiger partial charge in [0.15, 0.2) is 0 Å². The number of hydrogen-bond donors (Lipinski definition) is 2. The molecular weight excluding hydrogens is 252 g/mol. The molecule has 3 unspecified atom stereocenters. The molecule has 1 aliphatic carbocycles. The minimum absolute atomic E-state index is 0. The van der Waals surface area contributed by atoms with E-state index in [0.717, 1.165) is 19.3 Å². The Morgan fingerprint density at radius 3 is 2.44 bits per heavy atom. The average Bonchev–Trinajstić information content (AvgIpc) is 2.24. The second-order valence-electron chi connectivity index (χ2n) is 5.20. The lowest BCUT2D eigenvalue weighted by atomic mass is 9.58. The van der Waals surface area contributed by atoms with E-state index in [1.165, 1.54) is 0 Å². The van der Waals surface area contributed by atoms with Crippen LogP contribution in [0.25, 0.3) is 0 Å². The van der Waals surface area contributed by atoms with Gasteiger partial charge in [-0.25, -0.2) is 0 Å². The third kappa shape index (κ3) is 3.37. The standard InChI is InChI=1S/C13H26N2O2.ClH/c1-5-13(6-2)10(8-11(13)17-4)15-12(16)7-9(3)14;/h9-11H,5-8,14H2,1-4H3,(H,15,16);1H. The minimum atomic E-state index is -0.0778. The maximum absolute atomic E-state index is 11.7. The van der Waals surface area contributed by atoms with Gasteiger partial charge in [-0.05, 0) is 26.2 Å². The molecule has 0 aromatic rings. The molecule has 1 saturated carbocycles. The van der Waals surface area contributed by atoms with Crippen molar-refractivity contribution in [1.29, 1.82) is 0 Å². The smallest absolute Gasteiger partial charge is 0.221 e. The number of nitrogens with one attached hydrogen (secondary N) is 1. The van der Waals surface area contributed by atoms with Gasteiger partial charge < -0.3 is 15.8 Å². The number of amides is 1. The summed E-state index contributed by atoms with van der Waals surface area (Å²) < 4.78 is 5.50. The van der Waals surface area contributed by atoms with Crippen LogP contribution < -0.4 is 11.1 Å². The fourth-order valence-corrected chi connectivity index (χ4v) is 3.02. The lowest BCUT2D eigenvalue weighted by Gasteiger charge is -2.55. The van der Waals surface area contributed by atoms with Gasteiger partial charge in [-0.2, -0.15) is 0 Å². The van der Waals surface area contributed by atoms with E-state index in [1.54, 1.807) is 7.11 Å². The van der Waals surface area contributed by atoms with Crippen LogP contribution in [0.15, 0.2) is 0 Å². The van der Waals surface area contributed by atoms with E-state index in [-0.39, 0.29) is 41.9 Å². The summed E-state index contributed by atoms with van der Waals surface area (Å²) in [5, 5.41) is 3.11. The van der Waals surface area contributed by atoms with E-state index in [9.17, 15) is 4.79 Å². The van der Waals surface area contributed by atoms with Gasteiger partial charge >= 0.3 is 0 Å². The van der Waals surface area contributed by atoms with Crippen molar-refractivity contribution in [2.24, 2.45) is 11.1 Å². The van der Waals surface area contributed by atoms with E-state index >= 15 is 0 Å². The molecule has 0 aromatic carbocycles. The van der Waals surface area contributed by atoms with Crippen molar-refractivity contribution >= 4 is 18.3 Å². The van der Waals surface area contributed by atoms with Crippen LogP contribution in [0, 0.1) is 5.41 Å². The molecule has 0 saturated heterocycles. The number of carbonyl (C=O) groups is 1. The maximum Gasteiger partial charge on any atom is 0.221 e. The van der Waals surface area contributed by atoms with E-state index in [0.29, 0.717) is 6.42 Å². The first-order valence-electron chi connectivity index (χ1n) is 6.57. The van der Waals surface area contributed by atoms with Crippen LogP contribution in [0.2, 0.25) is 0 Å². The van der Waals surface area contributed by atoms with Crippen molar-refractivity contribution in [3.63, 3.8) is 0 Å². The van der Waals surface area contributed by atoms with Crippen LogP contribution in [0.1, 0.15) is 46.5 Å². The van der Waals surface area contributed by atoms with Gasteiger partial charge in [-0.3, -0.25) is 4.79 Å². The molecule has 4 nitrogen and oxygen atoms in total.